The van der Waals surface area contributed by atoms with Gasteiger partial charge in [0, 0.05) is 36.6 Å². The zero-order chi connectivity index (χ0) is 39.4. The van der Waals surface area contributed by atoms with Crippen molar-refractivity contribution in [3.63, 3.8) is 0 Å². The van der Waals surface area contributed by atoms with Crippen LogP contribution in [0.15, 0.2) is 72.8 Å². The van der Waals surface area contributed by atoms with Gasteiger partial charge < -0.3 is 34.1 Å². The summed E-state index contributed by atoms with van der Waals surface area (Å²) < 4.78 is 37.0. The lowest BCUT2D eigenvalue weighted by atomic mass is 10.1. The van der Waals surface area contributed by atoms with E-state index in [1.807, 2.05) is 49.4 Å². The number of benzene rings is 3. The maximum Gasteiger partial charge on any atom is 0.332 e. The summed E-state index contributed by atoms with van der Waals surface area (Å²) >= 11 is 0. The number of ether oxygens (including phenoxy) is 4. The largest absolute Gasteiger partial charge is 0.497 e. The lowest BCUT2D eigenvalue weighted by molar-refractivity contribution is -0.149. The van der Waals surface area contributed by atoms with Crippen molar-refractivity contribution in [3.8, 4) is 28.8 Å². The molecule has 0 spiro atoms. The SMILES string of the molecule is CCOC(=O)C12CC1C=CCCCCCN(Cc1ccc(OC)cc1)C(=O)N1CC(Oc3nc(-c4ccc(F)cc4)nc4c(C)c(OC)ccc34)CC1C(=O)N2. The minimum absolute atomic E-state index is 0.0816. The molecule has 12 nitrogen and oxygen atoms in total. The summed E-state index contributed by atoms with van der Waals surface area (Å²) in [6, 6.07) is 15.8. The molecule has 0 radical (unpaired) electrons. The van der Waals surface area contributed by atoms with Gasteiger partial charge in [-0.3, -0.25) is 4.79 Å². The standard InChI is InChI=1S/C43H48FN5O7/c1-5-55-41(51)43-24-30(43)11-9-7-6-8-10-22-48(25-28-12-18-32(53-3)19-13-28)42(52)49-26-33(23-35(49)39(50)47-43)56-40-34-20-21-36(54-4)27(2)37(34)45-38(46-40)29-14-16-31(44)17-15-29/h9,11-21,30,33,35H,5-8,10,22-26H2,1-4H3,(H,47,50). The number of hydrogen-bond acceptors (Lipinski definition) is 9. The van der Waals surface area contributed by atoms with E-state index in [-0.39, 0.29) is 43.2 Å². The van der Waals surface area contributed by atoms with Crippen molar-refractivity contribution in [1.29, 1.82) is 0 Å². The minimum Gasteiger partial charge on any atom is -0.497 e. The predicted molar refractivity (Wildman–Crippen MR) is 208 cm³/mol. The van der Waals surface area contributed by atoms with E-state index in [0.717, 1.165) is 36.8 Å². The van der Waals surface area contributed by atoms with Gasteiger partial charge in [0.25, 0.3) is 0 Å². The molecule has 4 atom stereocenters. The molecule has 1 saturated heterocycles. The zero-order valence-corrected chi connectivity index (χ0v) is 32.3. The lowest BCUT2D eigenvalue weighted by Crippen LogP contribution is -2.55. The van der Waals surface area contributed by atoms with E-state index in [0.29, 0.717) is 53.3 Å². The number of fused-ring (bicyclic) bond motifs is 3. The highest BCUT2D eigenvalue weighted by atomic mass is 19.1. The van der Waals surface area contributed by atoms with Crippen molar-refractivity contribution in [2.24, 2.45) is 5.92 Å². The molecule has 13 heteroatoms. The van der Waals surface area contributed by atoms with Crippen LogP contribution in [0.3, 0.4) is 0 Å². The third-order valence-electron chi connectivity index (χ3n) is 10.9. The molecular formula is C43H48FN5O7. The summed E-state index contributed by atoms with van der Waals surface area (Å²) in [5.74, 6) is 0.381. The number of rotatable bonds is 9. The Morgan fingerprint density at radius 1 is 0.982 bits per heavy atom. The van der Waals surface area contributed by atoms with Crippen LogP contribution < -0.4 is 19.5 Å². The predicted octanol–water partition coefficient (Wildman–Crippen LogP) is 6.77. The maximum atomic E-state index is 14.8. The third kappa shape index (κ3) is 7.98. The number of aryl methyl sites for hydroxylation is 1. The van der Waals surface area contributed by atoms with Crippen molar-refractivity contribution < 1.29 is 37.7 Å². The first-order valence-corrected chi connectivity index (χ1v) is 19.3. The molecule has 4 unspecified atom stereocenters. The smallest absolute Gasteiger partial charge is 0.332 e. The van der Waals surface area contributed by atoms with Gasteiger partial charge in [0.1, 0.15) is 35.0 Å². The summed E-state index contributed by atoms with van der Waals surface area (Å²) in [5.41, 5.74) is 1.65. The Labute approximate surface area is 326 Å². The van der Waals surface area contributed by atoms with Gasteiger partial charge in [0.05, 0.1) is 38.3 Å². The van der Waals surface area contributed by atoms with Crippen LogP contribution in [0.2, 0.25) is 0 Å². The van der Waals surface area contributed by atoms with Gasteiger partial charge >= 0.3 is 12.0 Å². The number of hydrogen-bond donors (Lipinski definition) is 1. The van der Waals surface area contributed by atoms with E-state index < -0.39 is 29.6 Å². The summed E-state index contributed by atoms with van der Waals surface area (Å²) in [6.07, 6.45) is 7.41. The topological polar surface area (TPSA) is 132 Å². The minimum atomic E-state index is -1.20. The third-order valence-corrected chi connectivity index (χ3v) is 10.9. The zero-order valence-electron chi connectivity index (χ0n) is 32.3. The van der Waals surface area contributed by atoms with Crippen LogP contribution in [0, 0.1) is 18.7 Å². The average Bonchev–Trinajstić information content (AvgIpc) is 3.74. The van der Waals surface area contributed by atoms with Crippen molar-refractivity contribution in [2.45, 2.75) is 76.6 Å². The summed E-state index contributed by atoms with van der Waals surface area (Å²) in [7, 11) is 3.19. The number of carbonyl (C=O) groups is 3. The molecule has 1 aliphatic carbocycles. The Bertz CT molecular complexity index is 2110. The number of nitrogens with one attached hydrogen (secondary N) is 1. The molecule has 1 aromatic heterocycles. The molecule has 1 N–H and O–H groups in total. The van der Waals surface area contributed by atoms with Gasteiger partial charge in [-0.15, -0.1) is 0 Å². The number of esters is 1. The molecule has 1 saturated carbocycles. The van der Waals surface area contributed by atoms with Crippen LogP contribution in [0.25, 0.3) is 22.3 Å². The first kappa shape index (κ1) is 38.6. The van der Waals surface area contributed by atoms with E-state index in [1.54, 1.807) is 43.1 Å². The maximum absolute atomic E-state index is 14.8. The summed E-state index contributed by atoms with van der Waals surface area (Å²) in [4.78, 5) is 55.6. The highest BCUT2D eigenvalue weighted by molar-refractivity contribution is 5.95. The first-order chi connectivity index (χ1) is 27.1. The number of amides is 3. The van der Waals surface area contributed by atoms with Crippen LogP contribution in [0.5, 0.6) is 17.4 Å². The highest BCUT2D eigenvalue weighted by Crippen LogP contribution is 2.46. The van der Waals surface area contributed by atoms with E-state index >= 15 is 0 Å². The molecule has 3 aromatic carbocycles. The van der Waals surface area contributed by atoms with E-state index in [2.05, 4.69) is 11.4 Å². The van der Waals surface area contributed by atoms with Crippen molar-refractivity contribution >= 4 is 28.8 Å². The van der Waals surface area contributed by atoms with Gasteiger partial charge in [-0.25, -0.2) is 19.0 Å². The molecule has 294 valence electrons. The second kappa shape index (κ2) is 16.6. The Balaban J connectivity index is 1.25. The van der Waals surface area contributed by atoms with Crippen LogP contribution >= 0.6 is 0 Å². The molecule has 3 heterocycles. The molecule has 4 aromatic rings. The monoisotopic (exact) mass is 765 g/mol. The number of urea groups is 1. The molecule has 2 fully saturated rings. The Kier molecular flexibility index (Phi) is 11.4. The summed E-state index contributed by atoms with van der Waals surface area (Å²) in [6.45, 7) is 4.70. The quantitative estimate of drug-likeness (QED) is 0.145. The second-order valence-electron chi connectivity index (χ2n) is 14.6. The molecular weight excluding hydrogens is 717 g/mol. The molecule has 0 bridgehead atoms. The molecule has 7 rings (SSSR count). The second-order valence-corrected chi connectivity index (χ2v) is 14.6. The fourth-order valence-corrected chi connectivity index (χ4v) is 7.72. The van der Waals surface area contributed by atoms with Crippen LogP contribution in [0.1, 0.15) is 56.6 Å². The molecule has 2 aliphatic heterocycles. The first-order valence-electron chi connectivity index (χ1n) is 19.3. The highest BCUT2D eigenvalue weighted by Gasteiger charge is 2.62. The fraction of sp³-hybridized carbons (Fsp3) is 0.419. The fourth-order valence-electron chi connectivity index (χ4n) is 7.72. The Morgan fingerprint density at radius 2 is 1.77 bits per heavy atom. The van der Waals surface area contributed by atoms with Crippen LogP contribution in [-0.2, 0) is 20.9 Å². The molecule has 3 amide bonds. The number of nitrogens with zero attached hydrogens (tertiary/aromatic N) is 4. The van der Waals surface area contributed by atoms with Crippen LogP contribution in [-0.4, -0.2) is 89.3 Å². The Morgan fingerprint density at radius 3 is 2.50 bits per heavy atom. The summed E-state index contributed by atoms with van der Waals surface area (Å²) in [5, 5.41) is 3.66. The normalized spacial score (nSPS) is 22.7. The average molecular weight is 766 g/mol. The van der Waals surface area contributed by atoms with Gasteiger partial charge in [0.15, 0.2) is 5.82 Å². The van der Waals surface area contributed by atoms with Gasteiger partial charge in [0.2, 0.25) is 11.8 Å². The lowest BCUT2D eigenvalue weighted by Gasteiger charge is -2.32. The number of halogens is 1. The van der Waals surface area contributed by atoms with Gasteiger partial charge in [-0.2, -0.15) is 4.98 Å². The number of aromatic nitrogens is 2. The van der Waals surface area contributed by atoms with E-state index in [4.69, 9.17) is 28.9 Å². The van der Waals surface area contributed by atoms with Crippen molar-refractivity contribution in [3.05, 3.63) is 89.8 Å². The molecule has 56 heavy (non-hydrogen) atoms. The van der Waals surface area contributed by atoms with Crippen molar-refractivity contribution in [1.82, 2.24) is 25.1 Å². The van der Waals surface area contributed by atoms with E-state index in [9.17, 15) is 18.8 Å². The number of methoxy groups -OCH3 is 2. The van der Waals surface area contributed by atoms with Gasteiger partial charge in [-0.1, -0.05) is 30.7 Å². The molecule has 3 aliphatic rings. The van der Waals surface area contributed by atoms with Crippen molar-refractivity contribution in [2.75, 3.05) is 33.9 Å². The number of carbonyl (C=O) groups excluding carboxylic acids is 3. The Hall–Kier alpha value is -5.72. The van der Waals surface area contributed by atoms with Gasteiger partial charge in [-0.05, 0) is 93.6 Å². The van der Waals surface area contributed by atoms with E-state index in [1.165, 1.54) is 12.1 Å². The van der Waals surface area contributed by atoms with Crippen LogP contribution in [0.4, 0.5) is 9.18 Å². The number of allylic oxidation sites excluding steroid dienone is 1.